The fraction of sp³-hybridized carbons (Fsp3) is 0.133. The van der Waals surface area contributed by atoms with Crippen LogP contribution in [0.3, 0.4) is 0 Å². The molecular weight excluding hydrogens is 260 g/mol. The zero-order valence-electron chi connectivity index (χ0n) is 11.0. The van der Waals surface area contributed by atoms with E-state index in [1.54, 1.807) is 6.92 Å². The van der Waals surface area contributed by atoms with Crippen molar-refractivity contribution >= 4 is 5.78 Å². The molecule has 2 aromatic carbocycles. The van der Waals surface area contributed by atoms with Gasteiger partial charge in [-0.2, -0.15) is 0 Å². The van der Waals surface area contributed by atoms with Crippen molar-refractivity contribution in [3.8, 4) is 23.0 Å². The highest BCUT2D eigenvalue weighted by molar-refractivity contribution is 6.11. The average molecular weight is 274 g/mol. The molecule has 0 bridgehead atoms. The van der Waals surface area contributed by atoms with E-state index in [0.29, 0.717) is 5.56 Å². The second-order valence-corrected chi connectivity index (χ2v) is 4.60. The first-order valence-corrected chi connectivity index (χ1v) is 5.91. The van der Waals surface area contributed by atoms with Crippen LogP contribution < -0.4 is 0 Å². The monoisotopic (exact) mass is 274 g/mol. The van der Waals surface area contributed by atoms with Gasteiger partial charge in [0.25, 0.3) is 0 Å². The lowest BCUT2D eigenvalue weighted by Gasteiger charge is -2.09. The van der Waals surface area contributed by atoms with Gasteiger partial charge in [-0.3, -0.25) is 4.79 Å². The van der Waals surface area contributed by atoms with E-state index in [1.165, 1.54) is 31.2 Å². The number of rotatable bonds is 2. The number of carbonyl (C=O) groups is 1. The number of aromatic hydroxyl groups is 4. The molecule has 104 valence electrons. The summed E-state index contributed by atoms with van der Waals surface area (Å²) in [6.07, 6.45) is 0. The van der Waals surface area contributed by atoms with Gasteiger partial charge in [0.05, 0.1) is 5.56 Å². The van der Waals surface area contributed by atoms with Crippen molar-refractivity contribution in [2.24, 2.45) is 0 Å². The van der Waals surface area contributed by atoms with Crippen molar-refractivity contribution in [2.45, 2.75) is 13.8 Å². The summed E-state index contributed by atoms with van der Waals surface area (Å²) in [5.74, 6) is -1.93. The zero-order valence-corrected chi connectivity index (χ0v) is 11.0. The van der Waals surface area contributed by atoms with Gasteiger partial charge in [-0.25, -0.2) is 0 Å². The van der Waals surface area contributed by atoms with Gasteiger partial charge in [0.2, 0.25) is 0 Å². The minimum absolute atomic E-state index is 0.0177. The van der Waals surface area contributed by atoms with Crippen LogP contribution in [0.2, 0.25) is 0 Å². The number of hydrogen-bond acceptors (Lipinski definition) is 5. The smallest absolute Gasteiger partial charge is 0.197 e. The average Bonchev–Trinajstić information content (AvgIpc) is 2.41. The van der Waals surface area contributed by atoms with Crippen molar-refractivity contribution in [2.75, 3.05) is 0 Å². The van der Waals surface area contributed by atoms with Crippen LogP contribution in [0.4, 0.5) is 0 Å². The Morgan fingerprint density at radius 2 is 1.45 bits per heavy atom. The Morgan fingerprint density at radius 1 is 0.900 bits per heavy atom. The van der Waals surface area contributed by atoms with Gasteiger partial charge in [0, 0.05) is 11.1 Å². The van der Waals surface area contributed by atoms with Crippen LogP contribution in [0.1, 0.15) is 27.0 Å². The van der Waals surface area contributed by atoms with Crippen LogP contribution in [-0.4, -0.2) is 26.2 Å². The summed E-state index contributed by atoms with van der Waals surface area (Å²) >= 11 is 0. The van der Waals surface area contributed by atoms with E-state index in [1.807, 2.05) is 0 Å². The Bertz CT molecular complexity index is 681. The van der Waals surface area contributed by atoms with Crippen LogP contribution >= 0.6 is 0 Å². The summed E-state index contributed by atoms with van der Waals surface area (Å²) in [6.45, 7) is 3.10. The van der Waals surface area contributed by atoms with Crippen molar-refractivity contribution in [3.05, 3.63) is 46.5 Å². The van der Waals surface area contributed by atoms with E-state index in [2.05, 4.69) is 0 Å². The molecule has 0 amide bonds. The van der Waals surface area contributed by atoms with Crippen LogP contribution in [0.15, 0.2) is 24.3 Å². The lowest BCUT2D eigenvalue weighted by Crippen LogP contribution is -2.02. The van der Waals surface area contributed by atoms with E-state index < -0.39 is 11.5 Å². The number of aryl methyl sites for hydroxylation is 1. The maximum absolute atomic E-state index is 12.3. The van der Waals surface area contributed by atoms with E-state index in [9.17, 15) is 25.2 Å². The van der Waals surface area contributed by atoms with E-state index in [-0.39, 0.29) is 33.9 Å². The second kappa shape index (κ2) is 4.77. The highest BCUT2D eigenvalue weighted by Crippen LogP contribution is 2.35. The lowest BCUT2D eigenvalue weighted by molar-refractivity contribution is 0.103. The molecule has 0 heterocycles. The molecule has 5 nitrogen and oxygen atoms in total. The third kappa shape index (κ3) is 2.14. The SMILES string of the molecule is Cc1ccc(C(=O)c2cc(O)c(C)c(O)c2)c(O)c1O. The Morgan fingerprint density at radius 3 is 2.00 bits per heavy atom. The van der Waals surface area contributed by atoms with Crippen LogP contribution in [-0.2, 0) is 0 Å². The minimum atomic E-state index is -0.608. The molecular formula is C15H14O5. The van der Waals surface area contributed by atoms with Gasteiger partial charge in [0.1, 0.15) is 11.5 Å². The molecule has 0 radical (unpaired) electrons. The molecule has 0 unspecified atom stereocenters. The molecule has 5 heteroatoms. The summed E-state index contributed by atoms with van der Waals surface area (Å²) in [7, 11) is 0. The van der Waals surface area contributed by atoms with E-state index in [4.69, 9.17) is 0 Å². The summed E-state index contributed by atoms with van der Waals surface area (Å²) < 4.78 is 0. The van der Waals surface area contributed by atoms with Crippen molar-refractivity contribution in [3.63, 3.8) is 0 Å². The molecule has 0 aromatic heterocycles. The van der Waals surface area contributed by atoms with Gasteiger partial charge in [0.15, 0.2) is 17.3 Å². The van der Waals surface area contributed by atoms with E-state index >= 15 is 0 Å². The third-order valence-electron chi connectivity index (χ3n) is 3.21. The Kier molecular flexibility index (Phi) is 3.28. The number of ketones is 1. The number of phenolic OH excluding ortho intramolecular Hbond substituents is 4. The fourth-order valence-corrected chi connectivity index (χ4v) is 1.83. The Labute approximate surface area is 115 Å². The fourth-order valence-electron chi connectivity index (χ4n) is 1.83. The van der Waals surface area contributed by atoms with Crippen LogP contribution in [0.5, 0.6) is 23.0 Å². The highest BCUT2D eigenvalue weighted by Gasteiger charge is 2.19. The minimum Gasteiger partial charge on any atom is -0.508 e. The number of carbonyl (C=O) groups excluding carboxylic acids is 1. The summed E-state index contributed by atoms with van der Waals surface area (Å²) in [6, 6.07) is 5.28. The van der Waals surface area contributed by atoms with Crippen molar-refractivity contribution in [1.82, 2.24) is 0 Å². The van der Waals surface area contributed by atoms with Gasteiger partial charge in [-0.1, -0.05) is 6.07 Å². The highest BCUT2D eigenvalue weighted by atomic mass is 16.3. The molecule has 2 rings (SSSR count). The first kappa shape index (κ1) is 13.7. The molecule has 0 saturated heterocycles. The molecule has 0 aliphatic heterocycles. The van der Waals surface area contributed by atoms with Gasteiger partial charge in [-0.05, 0) is 37.6 Å². The predicted octanol–water partition coefficient (Wildman–Crippen LogP) is 2.36. The van der Waals surface area contributed by atoms with Gasteiger partial charge >= 0.3 is 0 Å². The van der Waals surface area contributed by atoms with Gasteiger partial charge in [-0.15, -0.1) is 0 Å². The Hall–Kier alpha value is -2.69. The molecule has 2 aromatic rings. The second-order valence-electron chi connectivity index (χ2n) is 4.60. The van der Waals surface area contributed by atoms with Crippen molar-refractivity contribution in [1.29, 1.82) is 0 Å². The lowest BCUT2D eigenvalue weighted by atomic mass is 9.98. The standard InChI is InChI=1S/C15H14O5/c1-7-3-4-10(15(20)13(7)18)14(19)9-5-11(16)8(2)12(17)6-9/h3-6,16-18,20H,1-2H3. The van der Waals surface area contributed by atoms with Crippen molar-refractivity contribution < 1.29 is 25.2 Å². The topological polar surface area (TPSA) is 98.0 Å². The summed E-state index contributed by atoms with van der Waals surface area (Å²) in [5, 5.41) is 38.7. The number of benzene rings is 2. The molecule has 0 fully saturated rings. The molecule has 0 atom stereocenters. The maximum atomic E-state index is 12.3. The molecule has 0 aliphatic carbocycles. The zero-order chi connectivity index (χ0) is 15.0. The number of phenols is 4. The summed E-state index contributed by atoms with van der Waals surface area (Å²) in [4.78, 5) is 12.3. The van der Waals surface area contributed by atoms with E-state index in [0.717, 1.165) is 0 Å². The first-order chi connectivity index (χ1) is 9.32. The first-order valence-electron chi connectivity index (χ1n) is 5.91. The quantitative estimate of drug-likeness (QED) is 0.498. The van der Waals surface area contributed by atoms with Gasteiger partial charge < -0.3 is 20.4 Å². The number of hydrogen-bond donors (Lipinski definition) is 4. The Balaban J connectivity index is 2.55. The largest absolute Gasteiger partial charge is 0.508 e. The summed E-state index contributed by atoms with van der Waals surface area (Å²) in [5.41, 5.74) is 0.617. The normalized spacial score (nSPS) is 10.5. The molecule has 0 spiro atoms. The molecule has 0 aliphatic rings. The predicted molar refractivity (Wildman–Crippen MR) is 72.4 cm³/mol. The van der Waals surface area contributed by atoms with Crippen LogP contribution in [0.25, 0.3) is 0 Å². The molecule has 20 heavy (non-hydrogen) atoms. The molecule has 4 N–H and O–H groups in total. The van der Waals surface area contributed by atoms with Crippen LogP contribution in [0, 0.1) is 13.8 Å². The maximum Gasteiger partial charge on any atom is 0.197 e. The molecule has 0 saturated carbocycles. The third-order valence-corrected chi connectivity index (χ3v) is 3.21.